The number of Topliss-reactive ketones (excluding diaryl/α,β-unsaturated/α-hetero) is 1. The number of benzene rings is 2. The summed E-state index contributed by atoms with van der Waals surface area (Å²) < 4.78 is 22.7. The second kappa shape index (κ2) is 10.00. The van der Waals surface area contributed by atoms with Gasteiger partial charge in [0.05, 0.1) is 10.9 Å². The van der Waals surface area contributed by atoms with Crippen molar-refractivity contribution < 1.29 is 18.0 Å². The van der Waals surface area contributed by atoms with E-state index >= 15 is 0 Å². The zero-order valence-corrected chi connectivity index (χ0v) is 18.8. The van der Waals surface area contributed by atoms with Gasteiger partial charge in [-0.3, -0.25) is 9.59 Å². The van der Waals surface area contributed by atoms with E-state index in [9.17, 15) is 18.0 Å². The molecular formula is C23H30N2O4S. The van der Waals surface area contributed by atoms with Crippen LogP contribution in [-0.4, -0.2) is 32.1 Å². The van der Waals surface area contributed by atoms with Gasteiger partial charge in [0, 0.05) is 25.5 Å². The number of nitrogens with two attached hydrogens (primary N) is 1. The molecule has 0 heterocycles. The first kappa shape index (κ1) is 23.8. The average molecular weight is 431 g/mol. The number of sulfonamides is 1. The monoisotopic (exact) mass is 430 g/mol. The van der Waals surface area contributed by atoms with Gasteiger partial charge in [-0.25, -0.2) is 13.6 Å². The lowest BCUT2D eigenvalue weighted by atomic mass is 9.99. The predicted molar refractivity (Wildman–Crippen MR) is 118 cm³/mol. The van der Waals surface area contributed by atoms with Gasteiger partial charge < -0.3 is 4.90 Å². The molecule has 30 heavy (non-hydrogen) atoms. The van der Waals surface area contributed by atoms with Crippen molar-refractivity contribution in [2.24, 2.45) is 11.1 Å². The Hall–Kier alpha value is -2.51. The van der Waals surface area contributed by atoms with E-state index < -0.39 is 10.0 Å². The molecule has 0 fully saturated rings. The number of primary sulfonamides is 1. The first-order valence-electron chi connectivity index (χ1n) is 9.99. The largest absolute Gasteiger partial charge is 0.339 e. The fraction of sp³-hybridized carbons (Fsp3) is 0.391. The number of carbonyl (C=O) groups is 2. The van der Waals surface area contributed by atoms with Crippen molar-refractivity contribution in [1.82, 2.24) is 4.90 Å². The highest BCUT2D eigenvalue weighted by molar-refractivity contribution is 7.89. The molecule has 0 bridgehead atoms. The fourth-order valence-electron chi connectivity index (χ4n) is 3.21. The lowest BCUT2D eigenvalue weighted by Crippen LogP contribution is -2.30. The molecule has 2 N–H and O–H groups in total. The lowest BCUT2D eigenvalue weighted by molar-refractivity contribution is -0.131. The Balaban J connectivity index is 1.94. The van der Waals surface area contributed by atoms with Crippen molar-refractivity contribution in [3.63, 3.8) is 0 Å². The van der Waals surface area contributed by atoms with Crippen molar-refractivity contribution in [1.29, 1.82) is 0 Å². The number of carbonyl (C=O) groups excluding carboxylic acids is 2. The molecular weight excluding hydrogens is 400 g/mol. The van der Waals surface area contributed by atoms with Crippen molar-refractivity contribution in [2.75, 3.05) is 7.05 Å². The second-order valence-electron chi connectivity index (χ2n) is 8.01. The molecule has 0 saturated heterocycles. The molecule has 0 saturated carbocycles. The van der Waals surface area contributed by atoms with Crippen LogP contribution in [0.2, 0.25) is 0 Å². The Labute approximate surface area is 179 Å². The zero-order chi connectivity index (χ0) is 22.5. The maximum Gasteiger partial charge on any atom is 0.238 e. The van der Waals surface area contributed by atoms with Crippen molar-refractivity contribution in [3.05, 3.63) is 65.2 Å². The predicted octanol–water partition coefficient (Wildman–Crippen LogP) is 3.72. The molecule has 6 nitrogen and oxygen atoms in total. The number of amides is 1. The highest BCUT2D eigenvalue weighted by Gasteiger charge is 2.19. The van der Waals surface area contributed by atoms with Gasteiger partial charge in [-0.05, 0) is 42.5 Å². The van der Waals surface area contributed by atoms with Gasteiger partial charge in [0.1, 0.15) is 0 Å². The van der Waals surface area contributed by atoms with Gasteiger partial charge >= 0.3 is 0 Å². The summed E-state index contributed by atoms with van der Waals surface area (Å²) in [7, 11) is -2.08. The van der Waals surface area contributed by atoms with Gasteiger partial charge in [0.2, 0.25) is 15.9 Å². The Bertz CT molecular complexity index is 981. The van der Waals surface area contributed by atoms with Gasteiger partial charge in [-0.1, -0.05) is 50.2 Å². The summed E-state index contributed by atoms with van der Waals surface area (Å²) in [6.07, 6.45) is 1.22. The Morgan fingerprint density at radius 3 is 2.00 bits per heavy atom. The van der Waals surface area contributed by atoms with E-state index in [1.807, 2.05) is 31.2 Å². The average Bonchev–Trinajstić information content (AvgIpc) is 2.70. The summed E-state index contributed by atoms with van der Waals surface area (Å²) in [4.78, 5) is 26.6. The summed E-state index contributed by atoms with van der Waals surface area (Å²) in [5, 5.41) is 5.11. The van der Waals surface area contributed by atoms with Crippen molar-refractivity contribution in [2.45, 2.75) is 51.0 Å². The Morgan fingerprint density at radius 2 is 1.50 bits per heavy atom. The van der Waals surface area contributed by atoms with Gasteiger partial charge in [0.15, 0.2) is 5.78 Å². The molecule has 0 spiro atoms. The van der Waals surface area contributed by atoms with Crippen LogP contribution < -0.4 is 5.14 Å². The molecule has 1 atom stereocenters. The molecule has 2 aromatic rings. The summed E-state index contributed by atoms with van der Waals surface area (Å²) in [6.45, 7) is 6.15. The fourth-order valence-corrected chi connectivity index (χ4v) is 3.73. The molecule has 162 valence electrons. The molecule has 2 aromatic carbocycles. The van der Waals surface area contributed by atoms with E-state index in [1.54, 1.807) is 24.1 Å². The third kappa shape index (κ3) is 6.50. The first-order valence-corrected chi connectivity index (χ1v) is 11.5. The number of nitrogens with zero attached hydrogens (tertiary/aromatic N) is 1. The highest BCUT2D eigenvalue weighted by Crippen LogP contribution is 2.21. The van der Waals surface area contributed by atoms with E-state index in [0.717, 1.165) is 12.0 Å². The van der Waals surface area contributed by atoms with Crippen LogP contribution in [0.5, 0.6) is 0 Å². The molecule has 1 unspecified atom stereocenters. The highest BCUT2D eigenvalue weighted by atomic mass is 32.2. The van der Waals surface area contributed by atoms with Gasteiger partial charge in [-0.15, -0.1) is 0 Å². The molecule has 0 aromatic heterocycles. The summed E-state index contributed by atoms with van der Waals surface area (Å²) >= 11 is 0. The number of hydrogen-bond donors (Lipinski definition) is 1. The van der Waals surface area contributed by atoms with Crippen molar-refractivity contribution in [3.8, 4) is 0 Å². The van der Waals surface area contributed by atoms with Crippen LogP contribution in [-0.2, 0) is 21.2 Å². The van der Waals surface area contributed by atoms with Crippen molar-refractivity contribution >= 4 is 21.7 Å². The third-order valence-electron chi connectivity index (χ3n) is 5.15. The SMILES string of the molecule is CC(C)Cc1ccc(C(=O)CCC(=O)N(C)C(C)c2ccc(S(N)(=O)=O)cc2)cc1. The van der Waals surface area contributed by atoms with Gasteiger partial charge in [-0.2, -0.15) is 0 Å². The van der Waals surface area contributed by atoms with E-state index in [0.29, 0.717) is 11.5 Å². The zero-order valence-electron chi connectivity index (χ0n) is 18.0. The summed E-state index contributed by atoms with van der Waals surface area (Å²) in [6, 6.07) is 13.4. The lowest BCUT2D eigenvalue weighted by Gasteiger charge is -2.25. The maximum absolute atomic E-state index is 12.6. The van der Waals surface area contributed by atoms with Crippen LogP contribution in [0.25, 0.3) is 0 Å². The molecule has 0 radical (unpaired) electrons. The molecule has 2 rings (SSSR count). The van der Waals surface area contributed by atoms with Crippen LogP contribution >= 0.6 is 0 Å². The Kier molecular flexibility index (Phi) is 7.92. The normalized spacial score (nSPS) is 12.6. The van der Waals surface area contributed by atoms with Gasteiger partial charge in [0.25, 0.3) is 0 Å². The molecule has 7 heteroatoms. The third-order valence-corrected chi connectivity index (χ3v) is 6.08. The standard InChI is InChI=1S/C23H30N2O4S/c1-16(2)15-18-5-7-20(8-6-18)22(26)13-14-23(27)25(4)17(3)19-9-11-21(12-10-19)30(24,28)29/h5-12,16-17H,13-15H2,1-4H3,(H2,24,28,29). The van der Waals surface area contributed by atoms with E-state index in [-0.39, 0.29) is 35.5 Å². The second-order valence-corrected chi connectivity index (χ2v) is 9.57. The number of ketones is 1. The van der Waals surface area contributed by atoms with Crippen LogP contribution in [0.4, 0.5) is 0 Å². The molecule has 0 aliphatic heterocycles. The summed E-state index contributed by atoms with van der Waals surface area (Å²) in [5.41, 5.74) is 2.59. The summed E-state index contributed by atoms with van der Waals surface area (Å²) in [5.74, 6) is 0.346. The Morgan fingerprint density at radius 1 is 0.933 bits per heavy atom. The first-order chi connectivity index (χ1) is 14.0. The number of hydrogen-bond acceptors (Lipinski definition) is 4. The van der Waals surface area contributed by atoms with E-state index in [1.165, 1.54) is 17.7 Å². The minimum Gasteiger partial charge on any atom is -0.339 e. The van der Waals surface area contributed by atoms with Crippen LogP contribution in [0.1, 0.15) is 61.1 Å². The van der Waals surface area contributed by atoms with Crippen LogP contribution in [0.3, 0.4) is 0 Å². The quantitative estimate of drug-likeness (QED) is 0.613. The topological polar surface area (TPSA) is 97.5 Å². The smallest absolute Gasteiger partial charge is 0.238 e. The minimum atomic E-state index is -3.75. The molecule has 1 amide bonds. The molecule has 0 aliphatic rings. The molecule has 0 aliphatic carbocycles. The minimum absolute atomic E-state index is 0.0254. The maximum atomic E-state index is 12.6. The number of rotatable bonds is 9. The van der Waals surface area contributed by atoms with E-state index in [2.05, 4.69) is 13.8 Å². The van der Waals surface area contributed by atoms with Crippen LogP contribution in [0, 0.1) is 5.92 Å². The van der Waals surface area contributed by atoms with E-state index in [4.69, 9.17) is 5.14 Å². The van der Waals surface area contributed by atoms with Crippen LogP contribution in [0.15, 0.2) is 53.4 Å².